The molecule has 82 valence electrons. The minimum absolute atomic E-state index is 0.342. The van der Waals surface area contributed by atoms with Crippen molar-refractivity contribution in [2.24, 2.45) is 0 Å². The quantitative estimate of drug-likeness (QED) is 0.539. The van der Waals surface area contributed by atoms with Crippen LogP contribution in [0.1, 0.15) is 5.56 Å². The number of nitrogens with one attached hydrogen (secondary N) is 1. The number of esters is 1. The number of rotatable bonds is 3. The highest BCUT2D eigenvalue weighted by Gasteiger charge is 2.11. The van der Waals surface area contributed by atoms with Crippen LogP contribution in [0.4, 0.5) is 0 Å². The molecule has 0 atom stereocenters. The molecule has 0 aliphatic carbocycles. The van der Waals surface area contributed by atoms with E-state index in [1.54, 1.807) is 10.9 Å². The van der Waals surface area contributed by atoms with Gasteiger partial charge in [0.2, 0.25) is 0 Å². The molecule has 1 heterocycles. The van der Waals surface area contributed by atoms with Crippen molar-refractivity contribution in [3.63, 3.8) is 0 Å². The lowest BCUT2D eigenvalue weighted by atomic mass is 10.4. The van der Waals surface area contributed by atoms with Crippen LogP contribution in [0, 0.1) is 6.92 Å². The Labute approximate surface area is 87.2 Å². The van der Waals surface area contributed by atoms with Gasteiger partial charge >= 0.3 is 11.9 Å². The Bertz CT molecular complexity index is 359. The average Bonchev–Trinajstić information content (AvgIpc) is 2.63. The van der Waals surface area contributed by atoms with E-state index in [-0.39, 0.29) is 0 Å². The highest BCUT2D eigenvalue weighted by molar-refractivity contribution is 6.32. The molecule has 0 aliphatic heterocycles. The van der Waals surface area contributed by atoms with Gasteiger partial charge in [0.1, 0.15) is 0 Å². The highest BCUT2D eigenvalue weighted by Crippen LogP contribution is 1.92. The van der Waals surface area contributed by atoms with E-state index in [2.05, 4.69) is 15.2 Å². The van der Waals surface area contributed by atoms with E-state index in [1.807, 2.05) is 13.1 Å². The lowest BCUT2D eigenvalue weighted by molar-refractivity contribution is -0.152. The van der Waals surface area contributed by atoms with Crippen LogP contribution < -0.4 is 5.32 Å². The molecule has 1 aromatic rings. The van der Waals surface area contributed by atoms with Gasteiger partial charge in [-0.2, -0.15) is 5.10 Å². The van der Waals surface area contributed by atoms with E-state index in [0.29, 0.717) is 13.1 Å². The minimum Gasteiger partial charge on any atom is -0.462 e. The van der Waals surface area contributed by atoms with Gasteiger partial charge in [-0.25, -0.2) is 4.79 Å². The maximum absolute atomic E-state index is 11.0. The Kier molecular flexibility index (Phi) is 3.84. The number of carbonyl (C=O) groups is 2. The van der Waals surface area contributed by atoms with Crippen LogP contribution in [0.2, 0.25) is 0 Å². The van der Waals surface area contributed by atoms with Gasteiger partial charge in [-0.3, -0.25) is 9.48 Å². The third-order valence-electron chi connectivity index (χ3n) is 1.76. The van der Waals surface area contributed by atoms with Gasteiger partial charge in [-0.15, -0.1) is 0 Å². The predicted octanol–water partition coefficient (Wildman–Crippen LogP) is -0.519. The second-order valence-corrected chi connectivity index (χ2v) is 3.03. The fourth-order valence-corrected chi connectivity index (χ4v) is 1.04. The second-order valence-electron chi connectivity index (χ2n) is 3.03. The van der Waals surface area contributed by atoms with Crippen LogP contribution in [-0.2, 0) is 20.9 Å². The van der Waals surface area contributed by atoms with Crippen LogP contribution in [-0.4, -0.2) is 35.3 Å². The van der Waals surface area contributed by atoms with Crippen LogP contribution >= 0.6 is 0 Å². The van der Waals surface area contributed by atoms with Crippen molar-refractivity contribution >= 4 is 11.9 Å². The van der Waals surface area contributed by atoms with E-state index in [9.17, 15) is 9.59 Å². The zero-order valence-electron chi connectivity index (χ0n) is 8.69. The maximum atomic E-state index is 11.0. The summed E-state index contributed by atoms with van der Waals surface area (Å²) in [5.74, 6) is -1.62. The predicted molar refractivity (Wildman–Crippen MR) is 52.0 cm³/mol. The second kappa shape index (κ2) is 5.14. The van der Waals surface area contributed by atoms with Crippen LogP contribution in [0.5, 0.6) is 0 Å². The van der Waals surface area contributed by atoms with E-state index >= 15 is 0 Å². The molecule has 1 aromatic heterocycles. The summed E-state index contributed by atoms with van der Waals surface area (Å²) in [6, 6.07) is 0. The molecular formula is C9H13N3O3. The van der Waals surface area contributed by atoms with Crippen molar-refractivity contribution in [1.82, 2.24) is 15.1 Å². The van der Waals surface area contributed by atoms with Gasteiger partial charge < -0.3 is 10.1 Å². The number of carbonyl (C=O) groups excluding carboxylic acids is 2. The molecule has 0 saturated heterocycles. The van der Waals surface area contributed by atoms with Gasteiger partial charge in [0, 0.05) is 12.7 Å². The zero-order chi connectivity index (χ0) is 11.3. The summed E-state index contributed by atoms with van der Waals surface area (Å²) in [6.45, 7) is 2.79. The van der Waals surface area contributed by atoms with Crippen molar-refractivity contribution < 1.29 is 14.3 Å². The molecule has 0 aliphatic rings. The molecule has 0 unspecified atom stereocenters. The standard InChI is InChI=1S/C9H13N3O3/c1-7-5-11-12(6-7)4-3-10-8(13)9(14)15-2/h5-6H,3-4H2,1-2H3,(H,10,13). The molecule has 15 heavy (non-hydrogen) atoms. The molecule has 0 bridgehead atoms. The summed E-state index contributed by atoms with van der Waals surface area (Å²) in [5, 5.41) is 6.44. The summed E-state index contributed by atoms with van der Waals surface area (Å²) in [7, 11) is 1.17. The Morgan fingerprint density at radius 1 is 1.60 bits per heavy atom. The first-order chi connectivity index (χ1) is 7.13. The molecule has 1 rings (SSSR count). The van der Waals surface area contributed by atoms with Gasteiger partial charge in [0.05, 0.1) is 19.9 Å². The summed E-state index contributed by atoms with van der Waals surface area (Å²) in [6.07, 6.45) is 3.58. The van der Waals surface area contributed by atoms with Crippen molar-refractivity contribution in [3.05, 3.63) is 18.0 Å². The number of aromatic nitrogens is 2. The molecule has 0 saturated carbocycles. The lowest BCUT2D eigenvalue weighted by Crippen LogP contribution is -2.34. The summed E-state index contributed by atoms with van der Waals surface area (Å²) in [5.41, 5.74) is 1.05. The van der Waals surface area contributed by atoms with Crippen molar-refractivity contribution in [3.8, 4) is 0 Å². The summed E-state index contributed by atoms with van der Waals surface area (Å²) < 4.78 is 5.93. The highest BCUT2D eigenvalue weighted by atomic mass is 16.5. The number of hydrogen-bond donors (Lipinski definition) is 1. The van der Waals surface area contributed by atoms with Crippen LogP contribution in [0.15, 0.2) is 12.4 Å². The van der Waals surface area contributed by atoms with Gasteiger partial charge in [-0.05, 0) is 12.5 Å². The first-order valence-electron chi connectivity index (χ1n) is 4.48. The van der Waals surface area contributed by atoms with E-state index in [4.69, 9.17) is 0 Å². The fraction of sp³-hybridized carbons (Fsp3) is 0.444. The minimum atomic E-state index is -0.883. The van der Waals surface area contributed by atoms with E-state index < -0.39 is 11.9 Å². The first-order valence-corrected chi connectivity index (χ1v) is 4.48. The monoisotopic (exact) mass is 211 g/mol. The maximum Gasteiger partial charge on any atom is 0.396 e. The fourth-order valence-electron chi connectivity index (χ4n) is 1.04. The number of ether oxygens (including phenoxy) is 1. The largest absolute Gasteiger partial charge is 0.462 e. The molecule has 1 N–H and O–H groups in total. The SMILES string of the molecule is COC(=O)C(=O)NCCn1cc(C)cn1. The molecule has 1 amide bonds. The summed E-state index contributed by atoms with van der Waals surface area (Å²) >= 11 is 0. The molecule has 0 radical (unpaired) electrons. The first kappa shape index (κ1) is 11.2. The number of nitrogens with zero attached hydrogens (tertiary/aromatic N) is 2. The molecule has 0 fully saturated rings. The molecule has 0 spiro atoms. The molecular weight excluding hydrogens is 198 g/mol. The Hall–Kier alpha value is -1.85. The summed E-state index contributed by atoms with van der Waals surface area (Å²) in [4.78, 5) is 21.7. The lowest BCUT2D eigenvalue weighted by Gasteiger charge is -2.03. The Balaban J connectivity index is 2.27. The molecule has 6 nitrogen and oxygen atoms in total. The van der Waals surface area contributed by atoms with Gasteiger partial charge in [0.25, 0.3) is 0 Å². The van der Waals surface area contributed by atoms with Crippen LogP contribution in [0.25, 0.3) is 0 Å². The number of methoxy groups -OCH3 is 1. The average molecular weight is 211 g/mol. The van der Waals surface area contributed by atoms with Gasteiger partial charge in [0.15, 0.2) is 0 Å². The number of hydrogen-bond acceptors (Lipinski definition) is 4. The Morgan fingerprint density at radius 3 is 2.87 bits per heavy atom. The zero-order valence-corrected chi connectivity index (χ0v) is 8.69. The third kappa shape index (κ3) is 3.41. The smallest absolute Gasteiger partial charge is 0.396 e. The van der Waals surface area contributed by atoms with Crippen molar-refractivity contribution in [2.75, 3.05) is 13.7 Å². The van der Waals surface area contributed by atoms with Crippen LogP contribution in [0.3, 0.4) is 0 Å². The normalized spacial score (nSPS) is 9.73. The van der Waals surface area contributed by atoms with E-state index in [0.717, 1.165) is 5.56 Å². The van der Waals surface area contributed by atoms with Gasteiger partial charge in [-0.1, -0.05) is 0 Å². The Morgan fingerprint density at radius 2 is 2.33 bits per heavy atom. The van der Waals surface area contributed by atoms with Crippen molar-refractivity contribution in [2.45, 2.75) is 13.5 Å². The number of aryl methyl sites for hydroxylation is 1. The van der Waals surface area contributed by atoms with Crippen molar-refractivity contribution in [1.29, 1.82) is 0 Å². The topological polar surface area (TPSA) is 73.2 Å². The van der Waals surface area contributed by atoms with E-state index in [1.165, 1.54) is 7.11 Å². The number of amides is 1. The molecule has 6 heteroatoms. The third-order valence-corrected chi connectivity index (χ3v) is 1.76. The molecule has 0 aromatic carbocycles.